The van der Waals surface area contributed by atoms with Gasteiger partial charge in [-0.05, 0) is 112 Å². The number of nitrogens with zero attached hydrogens (tertiary/aromatic N) is 2. The molecule has 6 aromatic carbocycles. The van der Waals surface area contributed by atoms with Crippen LogP contribution >= 0.6 is 0 Å². The molecule has 4 aliphatic rings. The Morgan fingerprint density at radius 1 is 0.582 bits per heavy atom. The molecule has 0 amide bonds. The number of anilines is 5. The lowest BCUT2D eigenvalue weighted by Gasteiger charge is -2.53. The average molecular weight is 717 g/mol. The molecule has 1 saturated carbocycles. The Labute approximate surface area is 329 Å². The van der Waals surface area contributed by atoms with Crippen molar-refractivity contribution in [2.24, 2.45) is 0 Å². The maximum atomic E-state index is 2.84. The Kier molecular flexibility index (Phi) is 7.36. The number of rotatable bonds is 4. The molecule has 55 heavy (non-hydrogen) atoms. The van der Waals surface area contributed by atoms with E-state index in [1.54, 1.807) is 5.56 Å². The number of hydrogen-bond acceptors (Lipinski definition) is 2. The second kappa shape index (κ2) is 11.7. The second-order valence-electron chi connectivity index (χ2n) is 19.0. The van der Waals surface area contributed by atoms with Gasteiger partial charge in [-0.3, -0.25) is 0 Å². The molecule has 2 nitrogen and oxygen atoms in total. The summed E-state index contributed by atoms with van der Waals surface area (Å²) in [6, 6.07) is 49.1. The molecule has 3 heteroatoms. The first-order chi connectivity index (χ1) is 26.3. The Hall–Kier alpha value is -5.02. The topological polar surface area (TPSA) is 6.48 Å². The van der Waals surface area contributed by atoms with E-state index in [2.05, 4.69) is 193 Å². The van der Waals surface area contributed by atoms with Crippen LogP contribution in [0.3, 0.4) is 0 Å². The molecule has 274 valence electrons. The molecule has 10 rings (SSSR count). The van der Waals surface area contributed by atoms with Crippen molar-refractivity contribution in [2.45, 2.75) is 103 Å². The van der Waals surface area contributed by atoms with E-state index in [0.717, 1.165) is 0 Å². The summed E-state index contributed by atoms with van der Waals surface area (Å²) in [5, 5.41) is 0. The molecule has 0 N–H and O–H groups in total. The van der Waals surface area contributed by atoms with Crippen LogP contribution in [0.15, 0.2) is 127 Å². The average Bonchev–Trinajstić information content (AvgIpc) is 3.40. The quantitative estimate of drug-likeness (QED) is 0.167. The van der Waals surface area contributed by atoms with Gasteiger partial charge in [0.1, 0.15) is 0 Å². The van der Waals surface area contributed by atoms with Gasteiger partial charge in [-0.15, -0.1) is 0 Å². The summed E-state index contributed by atoms with van der Waals surface area (Å²) in [5.41, 5.74) is 20.4. The summed E-state index contributed by atoms with van der Waals surface area (Å²) < 4.78 is 0. The third-order valence-electron chi connectivity index (χ3n) is 14.5. The first kappa shape index (κ1) is 34.5. The molecule has 0 saturated heterocycles. The number of aryl methyl sites for hydroxylation is 1. The summed E-state index contributed by atoms with van der Waals surface area (Å²) in [5.74, 6) is 0. The first-order valence-electron chi connectivity index (χ1n) is 20.6. The molecule has 0 bridgehead atoms. The van der Waals surface area contributed by atoms with Crippen LogP contribution in [-0.2, 0) is 16.2 Å². The fourth-order valence-corrected chi connectivity index (χ4v) is 11.1. The fraction of sp³-hybridized carbons (Fsp3) is 0.308. The van der Waals surface area contributed by atoms with E-state index < -0.39 is 0 Å². The highest BCUT2D eigenvalue weighted by molar-refractivity contribution is 7.00. The van der Waals surface area contributed by atoms with E-state index >= 15 is 0 Å². The van der Waals surface area contributed by atoms with Gasteiger partial charge in [-0.2, -0.15) is 0 Å². The van der Waals surface area contributed by atoms with Crippen LogP contribution in [0.25, 0.3) is 11.1 Å². The Balaban J connectivity index is 1.29. The van der Waals surface area contributed by atoms with Crippen molar-refractivity contribution >= 4 is 51.5 Å². The summed E-state index contributed by atoms with van der Waals surface area (Å²) in [6.07, 6.45) is 5.01. The number of benzene rings is 6. The maximum absolute atomic E-state index is 2.84. The fourth-order valence-electron chi connectivity index (χ4n) is 11.1. The SMILES string of the molecule is Cc1cc2c3c(c1)N1c4c(cccc4C4(C)CCCCC14C)B3c1ccc(C(C)(C)C)cc1N2c1ccc(C(C)(C)c2ccccc2)cc1-c1ccccc1. The second-order valence-corrected chi connectivity index (χ2v) is 19.0. The van der Waals surface area contributed by atoms with Gasteiger partial charge >= 0.3 is 0 Å². The molecular weight excluding hydrogens is 663 g/mol. The zero-order chi connectivity index (χ0) is 38.1. The standard InChI is InChI=1S/C52H53BN2/c1-34-30-45-47-46(31-34)55-48-40(51(7)28-15-16-29-52(51,55)8)22-17-23-42(48)53(47)41-26-24-37(49(2,3)4)33-44(41)54(45)43-27-25-38(32-39(43)35-18-11-9-12-19-35)50(5,6)36-20-13-10-14-21-36/h9-14,17-27,30-33H,15-16,28-29H2,1-8H3. The van der Waals surface area contributed by atoms with E-state index in [1.165, 1.54) is 104 Å². The van der Waals surface area contributed by atoms with Crippen molar-refractivity contribution in [2.75, 3.05) is 9.80 Å². The molecule has 0 spiro atoms. The summed E-state index contributed by atoms with van der Waals surface area (Å²) >= 11 is 0. The highest BCUT2D eigenvalue weighted by atomic mass is 15.3. The molecule has 0 aromatic heterocycles. The molecule has 6 aromatic rings. The maximum Gasteiger partial charge on any atom is 0.252 e. The third kappa shape index (κ3) is 4.74. The van der Waals surface area contributed by atoms with E-state index in [9.17, 15) is 0 Å². The van der Waals surface area contributed by atoms with Gasteiger partial charge in [-0.25, -0.2) is 0 Å². The number of fused-ring (bicyclic) bond motifs is 7. The van der Waals surface area contributed by atoms with Crippen molar-refractivity contribution in [1.82, 2.24) is 0 Å². The molecular formula is C52H53BN2. The van der Waals surface area contributed by atoms with Crippen LogP contribution < -0.4 is 26.2 Å². The largest absolute Gasteiger partial charge is 0.335 e. The normalized spacial score (nSPS) is 20.8. The smallest absolute Gasteiger partial charge is 0.252 e. The molecule has 1 aliphatic carbocycles. The third-order valence-corrected chi connectivity index (χ3v) is 14.5. The minimum absolute atomic E-state index is 0.000798. The van der Waals surface area contributed by atoms with Crippen LogP contribution in [0.4, 0.5) is 28.4 Å². The van der Waals surface area contributed by atoms with Crippen molar-refractivity contribution in [1.29, 1.82) is 0 Å². The van der Waals surface area contributed by atoms with Gasteiger partial charge in [0.05, 0.1) is 11.2 Å². The summed E-state index contributed by atoms with van der Waals surface area (Å²) in [7, 11) is 0. The highest BCUT2D eigenvalue weighted by Crippen LogP contribution is 2.62. The molecule has 0 radical (unpaired) electrons. The lowest BCUT2D eigenvalue weighted by molar-refractivity contribution is 0.195. The van der Waals surface area contributed by atoms with Gasteiger partial charge < -0.3 is 9.80 Å². The Morgan fingerprint density at radius 3 is 2.02 bits per heavy atom. The molecule has 2 atom stereocenters. The lowest BCUT2D eigenvalue weighted by Crippen LogP contribution is -2.64. The molecule has 1 fully saturated rings. The predicted molar refractivity (Wildman–Crippen MR) is 236 cm³/mol. The van der Waals surface area contributed by atoms with Crippen molar-refractivity contribution < 1.29 is 0 Å². The van der Waals surface area contributed by atoms with Crippen molar-refractivity contribution in [3.05, 3.63) is 155 Å². The molecule has 3 aliphatic heterocycles. The van der Waals surface area contributed by atoms with E-state index in [1.807, 2.05) is 0 Å². The van der Waals surface area contributed by atoms with E-state index in [0.29, 0.717) is 0 Å². The highest BCUT2D eigenvalue weighted by Gasteiger charge is 2.61. The first-order valence-corrected chi connectivity index (χ1v) is 20.6. The van der Waals surface area contributed by atoms with Gasteiger partial charge in [0.2, 0.25) is 0 Å². The monoisotopic (exact) mass is 716 g/mol. The number of para-hydroxylation sites is 1. The zero-order valence-electron chi connectivity index (χ0n) is 33.9. The van der Waals surface area contributed by atoms with Gasteiger partial charge in [0, 0.05) is 39.1 Å². The van der Waals surface area contributed by atoms with Crippen molar-refractivity contribution in [3.8, 4) is 11.1 Å². The van der Waals surface area contributed by atoms with Gasteiger partial charge in [0.15, 0.2) is 0 Å². The van der Waals surface area contributed by atoms with Gasteiger partial charge in [-0.1, -0.05) is 151 Å². The molecule has 2 unspecified atom stereocenters. The van der Waals surface area contributed by atoms with Crippen LogP contribution in [0.5, 0.6) is 0 Å². The molecule has 3 heterocycles. The Morgan fingerprint density at radius 2 is 1.27 bits per heavy atom. The van der Waals surface area contributed by atoms with Crippen LogP contribution in [0, 0.1) is 6.92 Å². The Bertz CT molecular complexity index is 2510. The van der Waals surface area contributed by atoms with Crippen LogP contribution in [-0.4, -0.2) is 12.3 Å². The minimum Gasteiger partial charge on any atom is -0.335 e. The lowest BCUT2D eigenvalue weighted by atomic mass is 9.33. The van der Waals surface area contributed by atoms with Crippen molar-refractivity contribution in [3.63, 3.8) is 0 Å². The van der Waals surface area contributed by atoms with Gasteiger partial charge in [0.25, 0.3) is 6.71 Å². The van der Waals surface area contributed by atoms with E-state index in [4.69, 9.17) is 0 Å². The summed E-state index contributed by atoms with van der Waals surface area (Å²) in [4.78, 5) is 5.50. The summed E-state index contributed by atoms with van der Waals surface area (Å²) in [6.45, 7) is 19.4. The zero-order valence-corrected chi connectivity index (χ0v) is 33.9. The van der Waals surface area contributed by atoms with Crippen LogP contribution in [0.2, 0.25) is 0 Å². The number of hydrogen-bond donors (Lipinski definition) is 0. The predicted octanol–water partition coefficient (Wildman–Crippen LogP) is 11.6. The minimum atomic E-state index is -0.171. The van der Waals surface area contributed by atoms with Crippen LogP contribution in [0.1, 0.15) is 102 Å². The van der Waals surface area contributed by atoms with E-state index in [-0.39, 0.29) is 28.5 Å².